The standard InChI is InChI=1S/C18H23N3O3/c1-13-8-11-21(19-13)15-6-4-14(5-7-15)16(22)20-10-3-9-18(2,12-20)17(23)24/h4-7H,3,8-12H2,1-2H3,(H,23,24). The van der Waals surface area contributed by atoms with Gasteiger partial charge in [0.2, 0.25) is 0 Å². The van der Waals surface area contributed by atoms with E-state index in [1.807, 2.05) is 24.1 Å². The van der Waals surface area contributed by atoms with Crippen molar-refractivity contribution in [3.63, 3.8) is 0 Å². The van der Waals surface area contributed by atoms with Crippen LogP contribution in [0, 0.1) is 5.41 Å². The Bertz CT molecular complexity index is 683. The van der Waals surface area contributed by atoms with Crippen LogP contribution < -0.4 is 5.01 Å². The highest BCUT2D eigenvalue weighted by Gasteiger charge is 2.39. The minimum Gasteiger partial charge on any atom is -0.481 e. The van der Waals surface area contributed by atoms with Gasteiger partial charge in [-0.2, -0.15) is 5.10 Å². The van der Waals surface area contributed by atoms with E-state index in [1.54, 1.807) is 24.0 Å². The quantitative estimate of drug-likeness (QED) is 0.925. The van der Waals surface area contributed by atoms with E-state index in [1.165, 1.54) is 0 Å². The first kappa shape index (κ1) is 16.5. The second-order valence-electron chi connectivity index (χ2n) is 6.95. The van der Waals surface area contributed by atoms with E-state index in [-0.39, 0.29) is 12.5 Å². The summed E-state index contributed by atoms with van der Waals surface area (Å²) in [5.74, 6) is -0.938. The molecule has 0 spiro atoms. The zero-order valence-electron chi connectivity index (χ0n) is 14.2. The van der Waals surface area contributed by atoms with Crippen molar-refractivity contribution in [2.45, 2.75) is 33.1 Å². The van der Waals surface area contributed by atoms with Crippen molar-refractivity contribution < 1.29 is 14.7 Å². The fourth-order valence-corrected chi connectivity index (χ4v) is 3.31. The molecule has 0 radical (unpaired) electrons. The maximum absolute atomic E-state index is 12.7. The van der Waals surface area contributed by atoms with E-state index in [4.69, 9.17) is 0 Å². The number of carboxylic acids is 1. The molecular formula is C18H23N3O3. The molecule has 0 aromatic heterocycles. The van der Waals surface area contributed by atoms with Crippen LogP contribution in [0.15, 0.2) is 29.4 Å². The maximum atomic E-state index is 12.7. The van der Waals surface area contributed by atoms with E-state index in [0.717, 1.165) is 24.4 Å². The number of benzene rings is 1. The molecule has 1 saturated heterocycles. The molecule has 6 heteroatoms. The van der Waals surface area contributed by atoms with Gasteiger partial charge in [0.05, 0.1) is 11.1 Å². The molecule has 0 bridgehead atoms. The predicted octanol–water partition coefficient (Wildman–Crippen LogP) is 2.60. The van der Waals surface area contributed by atoms with Gasteiger partial charge < -0.3 is 10.0 Å². The van der Waals surface area contributed by atoms with Gasteiger partial charge in [0.25, 0.3) is 5.91 Å². The highest BCUT2D eigenvalue weighted by Crippen LogP contribution is 2.30. The number of nitrogens with zero attached hydrogens (tertiary/aromatic N) is 3. The first-order valence-corrected chi connectivity index (χ1v) is 8.33. The first-order chi connectivity index (χ1) is 11.4. The number of hydrogen-bond acceptors (Lipinski definition) is 4. The summed E-state index contributed by atoms with van der Waals surface area (Å²) in [6.45, 7) is 5.46. The monoisotopic (exact) mass is 329 g/mol. The van der Waals surface area contributed by atoms with Gasteiger partial charge >= 0.3 is 5.97 Å². The van der Waals surface area contributed by atoms with Crippen molar-refractivity contribution in [2.75, 3.05) is 24.6 Å². The summed E-state index contributed by atoms with van der Waals surface area (Å²) >= 11 is 0. The van der Waals surface area contributed by atoms with Crippen LogP contribution in [0.2, 0.25) is 0 Å². The molecule has 0 aliphatic carbocycles. The summed E-state index contributed by atoms with van der Waals surface area (Å²) in [4.78, 5) is 25.8. The Kier molecular flexibility index (Phi) is 4.30. The number of amides is 1. The molecule has 2 aliphatic heterocycles. The number of carboxylic acid groups (broad SMARTS) is 1. The van der Waals surface area contributed by atoms with Crippen molar-refractivity contribution in [3.05, 3.63) is 29.8 Å². The van der Waals surface area contributed by atoms with Gasteiger partial charge in [0.1, 0.15) is 0 Å². The molecule has 24 heavy (non-hydrogen) atoms. The number of carbonyl (C=O) groups is 2. The van der Waals surface area contributed by atoms with Gasteiger partial charge in [0.15, 0.2) is 0 Å². The highest BCUT2D eigenvalue weighted by molar-refractivity contribution is 5.95. The molecule has 1 amide bonds. The molecule has 1 unspecified atom stereocenters. The van der Waals surface area contributed by atoms with Gasteiger partial charge in [-0.25, -0.2) is 0 Å². The molecule has 1 aromatic carbocycles. The van der Waals surface area contributed by atoms with Gasteiger partial charge in [-0.05, 0) is 51.0 Å². The minimum atomic E-state index is -0.852. The van der Waals surface area contributed by atoms with E-state index < -0.39 is 11.4 Å². The smallest absolute Gasteiger partial charge is 0.311 e. The van der Waals surface area contributed by atoms with Crippen LogP contribution in [0.1, 0.15) is 43.5 Å². The van der Waals surface area contributed by atoms with Gasteiger partial charge in [-0.1, -0.05) is 0 Å². The van der Waals surface area contributed by atoms with Crippen molar-refractivity contribution >= 4 is 23.3 Å². The Morgan fingerprint density at radius 2 is 1.92 bits per heavy atom. The number of hydrazone groups is 1. The molecule has 3 rings (SSSR count). The Morgan fingerprint density at radius 3 is 2.50 bits per heavy atom. The summed E-state index contributed by atoms with van der Waals surface area (Å²) in [5.41, 5.74) is 1.82. The van der Waals surface area contributed by atoms with Crippen molar-refractivity contribution in [1.29, 1.82) is 0 Å². The number of aliphatic carboxylic acids is 1. The lowest BCUT2D eigenvalue weighted by Crippen LogP contribution is -2.48. The molecular weight excluding hydrogens is 306 g/mol. The molecule has 1 atom stereocenters. The summed E-state index contributed by atoms with van der Waals surface area (Å²) in [7, 11) is 0. The second-order valence-corrected chi connectivity index (χ2v) is 6.95. The van der Waals surface area contributed by atoms with E-state index >= 15 is 0 Å². The molecule has 2 aliphatic rings. The molecule has 6 nitrogen and oxygen atoms in total. The number of likely N-dealkylation sites (tertiary alicyclic amines) is 1. The van der Waals surface area contributed by atoms with E-state index in [9.17, 15) is 14.7 Å². The number of anilines is 1. The Labute approximate surface area is 141 Å². The molecule has 2 heterocycles. The predicted molar refractivity (Wildman–Crippen MR) is 92.4 cm³/mol. The summed E-state index contributed by atoms with van der Waals surface area (Å²) < 4.78 is 0. The average molecular weight is 329 g/mol. The SMILES string of the molecule is CC1=NN(c2ccc(C(=O)N3CCCC(C)(C(=O)O)C3)cc2)CC1. The topological polar surface area (TPSA) is 73.2 Å². The average Bonchev–Trinajstić information content (AvgIpc) is 3.01. The van der Waals surface area contributed by atoms with Crippen LogP contribution >= 0.6 is 0 Å². The second kappa shape index (κ2) is 6.26. The maximum Gasteiger partial charge on any atom is 0.311 e. The van der Waals surface area contributed by atoms with Gasteiger partial charge in [0, 0.05) is 37.3 Å². The van der Waals surface area contributed by atoms with Gasteiger partial charge in [-0.15, -0.1) is 0 Å². The van der Waals surface area contributed by atoms with E-state index in [0.29, 0.717) is 24.9 Å². The molecule has 1 N–H and O–H groups in total. The first-order valence-electron chi connectivity index (χ1n) is 8.33. The van der Waals surface area contributed by atoms with Crippen molar-refractivity contribution in [1.82, 2.24) is 4.90 Å². The Hall–Kier alpha value is -2.37. The molecule has 0 saturated carbocycles. The fourth-order valence-electron chi connectivity index (χ4n) is 3.31. The third-order valence-electron chi connectivity index (χ3n) is 4.89. The number of hydrogen-bond donors (Lipinski definition) is 1. The molecule has 128 valence electrons. The van der Waals surface area contributed by atoms with Crippen LogP contribution in [-0.4, -0.2) is 47.2 Å². The third-order valence-corrected chi connectivity index (χ3v) is 4.89. The van der Waals surface area contributed by atoms with Crippen molar-refractivity contribution in [2.24, 2.45) is 10.5 Å². The number of piperidine rings is 1. The third kappa shape index (κ3) is 3.13. The lowest BCUT2D eigenvalue weighted by atomic mass is 9.82. The van der Waals surface area contributed by atoms with Crippen LogP contribution in [0.25, 0.3) is 0 Å². The van der Waals surface area contributed by atoms with Crippen LogP contribution in [0.4, 0.5) is 5.69 Å². The molecule has 1 fully saturated rings. The summed E-state index contributed by atoms with van der Waals surface area (Å²) in [6.07, 6.45) is 2.29. The Morgan fingerprint density at radius 1 is 1.21 bits per heavy atom. The van der Waals surface area contributed by atoms with Gasteiger partial charge in [-0.3, -0.25) is 14.6 Å². The summed E-state index contributed by atoms with van der Waals surface area (Å²) in [6, 6.07) is 7.40. The number of rotatable bonds is 3. The van der Waals surface area contributed by atoms with Crippen LogP contribution in [-0.2, 0) is 4.79 Å². The number of carbonyl (C=O) groups excluding carboxylic acids is 1. The lowest BCUT2D eigenvalue weighted by molar-refractivity contribution is -0.150. The van der Waals surface area contributed by atoms with E-state index in [2.05, 4.69) is 5.10 Å². The zero-order valence-corrected chi connectivity index (χ0v) is 14.2. The Balaban J connectivity index is 1.72. The fraction of sp³-hybridized carbons (Fsp3) is 0.500. The summed E-state index contributed by atoms with van der Waals surface area (Å²) in [5, 5.41) is 15.8. The lowest BCUT2D eigenvalue weighted by Gasteiger charge is -2.37. The highest BCUT2D eigenvalue weighted by atomic mass is 16.4. The zero-order chi connectivity index (χ0) is 17.3. The largest absolute Gasteiger partial charge is 0.481 e. The minimum absolute atomic E-state index is 0.102. The normalized spacial score (nSPS) is 24.0. The molecule has 1 aromatic rings. The van der Waals surface area contributed by atoms with Crippen LogP contribution in [0.5, 0.6) is 0 Å². The van der Waals surface area contributed by atoms with Crippen LogP contribution in [0.3, 0.4) is 0 Å². The van der Waals surface area contributed by atoms with Crippen molar-refractivity contribution in [3.8, 4) is 0 Å².